The Labute approximate surface area is 149 Å². The Balaban J connectivity index is 1.54. The van der Waals surface area contributed by atoms with Crippen LogP contribution in [0.15, 0.2) is 24.3 Å². The third-order valence-corrected chi connectivity index (χ3v) is 5.69. The number of hydrogen-bond donors (Lipinski definition) is 1. The standard InChI is InChI=1S/C20H28N2O3/c1-21(17-8-6-16(14-23)7-9-17)20(25)13-15-4-10-18(11-5-15)22-12-2-3-19(22)24/h4-5,10-11,16-17,23H,2-3,6-9,12-14H2,1H3. The van der Waals surface area contributed by atoms with Crippen LogP contribution in [-0.2, 0) is 16.0 Å². The Morgan fingerprint density at radius 1 is 1.20 bits per heavy atom. The summed E-state index contributed by atoms with van der Waals surface area (Å²) in [5.74, 6) is 0.722. The topological polar surface area (TPSA) is 60.9 Å². The highest BCUT2D eigenvalue weighted by Gasteiger charge is 2.26. The number of hydrogen-bond acceptors (Lipinski definition) is 3. The third kappa shape index (κ3) is 4.21. The lowest BCUT2D eigenvalue weighted by Crippen LogP contribution is -2.40. The van der Waals surface area contributed by atoms with Gasteiger partial charge in [0.05, 0.1) is 6.42 Å². The van der Waals surface area contributed by atoms with Gasteiger partial charge in [0.1, 0.15) is 0 Å². The van der Waals surface area contributed by atoms with Crippen LogP contribution in [0, 0.1) is 5.92 Å². The molecule has 1 saturated heterocycles. The van der Waals surface area contributed by atoms with Crippen LogP contribution in [0.1, 0.15) is 44.1 Å². The molecule has 1 aliphatic carbocycles. The molecule has 25 heavy (non-hydrogen) atoms. The molecule has 1 saturated carbocycles. The normalized spacial score (nSPS) is 23.8. The van der Waals surface area contributed by atoms with Crippen LogP contribution in [0.4, 0.5) is 5.69 Å². The molecular weight excluding hydrogens is 316 g/mol. The monoisotopic (exact) mass is 344 g/mol. The van der Waals surface area contributed by atoms with E-state index < -0.39 is 0 Å². The minimum Gasteiger partial charge on any atom is -0.396 e. The van der Waals surface area contributed by atoms with E-state index in [1.165, 1.54) is 0 Å². The van der Waals surface area contributed by atoms with Crippen molar-refractivity contribution in [1.82, 2.24) is 4.90 Å². The first-order chi connectivity index (χ1) is 12.1. The van der Waals surface area contributed by atoms with Crippen LogP contribution >= 0.6 is 0 Å². The predicted octanol–water partition coefficient (Wildman–Crippen LogP) is 2.37. The molecule has 2 amide bonds. The molecule has 5 heteroatoms. The van der Waals surface area contributed by atoms with Gasteiger partial charge in [0, 0.05) is 38.3 Å². The van der Waals surface area contributed by atoms with E-state index >= 15 is 0 Å². The SMILES string of the molecule is CN(C(=O)Cc1ccc(N2CCCC2=O)cc1)C1CCC(CO)CC1. The summed E-state index contributed by atoms with van der Waals surface area (Å²) in [5, 5.41) is 9.23. The van der Waals surface area contributed by atoms with Crippen molar-refractivity contribution in [2.45, 2.75) is 51.0 Å². The van der Waals surface area contributed by atoms with Crippen molar-refractivity contribution in [2.75, 3.05) is 25.1 Å². The Morgan fingerprint density at radius 2 is 1.88 bits per heavy atom. The molecule has 1 aromatic carbocycles. The fourth-order valence-electron chi connectivity index (χ4n) is 3.93. The van der Waals surface area contributed by atoms with E-state index in [1.54, 1.807) is 0 Å². The lowest BCUT2D eigenvalue weighted by molar-refractivity contribution is -0.132. The molecule has 1 heterocycles. The minimum atomic E-state index is 0.137. The quantitative estimate of drug-likeness (QED) is 0.892. The number of anilines is 1. The lowest BCUT2D eigenvalue weighted by atomic mass is 9.86. The van der Waals surface area contributed by atoms with Crippen molar-refractivity contribution in [3.63, 3.8) is 0 Å². The molecule has 0 bridgehead atoms. The number of aliphatic hydroxyl groups is 1. The summed E-state index contributed by atoms with van der Waals surface area (Å²) in [6, 6.07) is 8.08. The smallest absolute Gasteiger partial charge is 0.227 e. The maximum absolute atomic E-state index is 12.6. The van der Waals surface area contributed by atoms with Crippen molar-refractivity contribution in [3.8, 4) is 0 Å². The van der Waals surface area contributed by atoms with Crippen LogP contribution < -0.4 is 4.90 Å². The van der Waals surface area contributed by atoms with Crippen LogP contribution in [0.5, 0.6) is 0 Å². The molecule has 2 fully saturated rings. The summed E-state index contributed by atoms with van der Waals surface area (Å²) >= 11 is 0. The van der Waals surface area contributed by atoms with Crippen molar-refractivity contribution in [3.05, 3.63) is 29.8 Å². The van der Waals surface area contributed by atoms with Gasteiger partial charge in [0.15, 0.2) is 0 Å². The highest BCUT2D eigenvalue weighted by Crippen LogP contribution is 2.27. The molecule has 1 aliphatic heterocycles. The second-order valence-electron chi connectivity index (χ2n) is 7.35. The van der Waals surface area contributed by atoms with E-state index in [4.69, 9.17) is 0 Å². The number of carbonyl (C=O) groups excluding carboxylic acids is 2. The molecule has 0 spiro atoms. The van der Waals surface area contributed by atoms with Crippen LogP contribution in [0.3, 0.4) is 0 Å². The van der Waals surface area contributed by atoms with E-state index in [0.717, 1.165) is 49.9 Å². The fraction of sp³-hybridized carbons (Fsp3) is 0.600. The van der Waals surface area contributed by atoms with Gasteiger partial charge < -0.3 is 14.9 Å². The van der Waals surface area contributed by atoms with Gasteiger partial charge in [-0.15, -0.1) is 0 Å². The van der Waals surface area contributed by atoms with E-state index in [-0.39, 0.29) is 24.5 Å². The Kier molecular flexibility index (Phi) is 5.74. The average molecular weight is 344 g/mol. The van der Waals surface area contributed by atoms with Crippen molar-refractivity contribution >= 4 is 17.5 Å². The molecular formula is C20H28N2O3. The van der Waals surface area contributed by atoms with Gasteiger partial charge in [-0.3, -0.25) is 9.59 Å². The summed E-state index contributed by atoms with van der Waals surface area (Å²) in [6.07, 6.45) is 5.89. The average Bonchev–Trinajstić information content (AvgIpc) is 3.07. The maximum Gasteiger partial charge on any atom is 0.227 e. The highest BCUT2D eigenvalue weighted by atomic mass is 16.3. The van der Waals surface area contributed by atoms with E-state index in [9.17, 15) is 14.7 Å². The summed E-state index contributed by atoms with van der Waals surface area (Å²) in [5.41, 5.74) is 1.91. The highest BCUT2D eigenvalue weighted by molar-refractivity contribution is 5.95. The molecule has 0 aromatic heterocycles. The first-order valence-electron chi connectivity index (χ1n) is 9.34. The van der Waals surface area contributed by atoms with Gasteiger partial charge >= 0.3 is 0 Å². The molecule has 0 radical (unpaired) electrons. The summed E-state index contributed by atoms with van der Waals surface area (Å²) in [7, 11) is 1.89. The fourth-order valence-corrected chi connectivity index (χ4v) is 3.93. The number of rotatable bonds is 5. The number of likely N-dealkylation sites (N-methyl/N-ethyl adjacent to an activating group) is 1. The van der Waals surface area contributed by atoms with Gasteiger partial charge in [-0.05, 0) is 55.7 Å². The number of amides is 2. The van der Waals surface area contributed by atoms with E-state index in [0.29, 0.717) is 18.8 Å². The van der Waals surface area contributed by atoms with Gasteiger partial charge in [-0.2, -0.15) is 0 Å². The largest absolute Gasteiger partial charge is 0.396 e. The molecule has 136 valence electrons. The first-order valence-corrected chi connectivity index (χ1v) is 9.34. The molecule has 0 unspecified atom stereocenters. The predicted molar refractivity (Wildman–Crippen MR) is 97.3 cm³/mol. The van der Waals surface area contributed by atoms with Crippen molar-refractivity contribution in [2.24, 2.45) is 5.92 Å². The Hall–Kier alpha value is -1.88. The molecule has 5 nitrogen and oxygen atoms in total. The van der Waals surface area contributed by atoms with Crippen LogP contribution in [0.2, 0.25) is 0 Å². The number of benzene rings is 1. The number of aliphatic hydroxyl groups excluding tert-OH is 1. The van der Waals surface area contributed by atoms with Gasteiger partial charge in [-0.25, -0.2) is 0 Å². The Morgan fingerprint density at radius 3 is 2.44 bits per heavy atom. The zero-order chi connectivity index (χ0) is 17.8. The zero-order valence-electron chi connectivity index (χ0n) is 15.0. The van der Waals surface area contributed by atoms with Crippen LogP contribution in [-0.4, -0.2) is 48.1 Å². The summed E-state index contributed by atoms with van der Waals surface area (Å²) in [6.45, 7) is 1.05. The van der Waals surface area contributed by atoms with E-state index in [2.05, 4.69) is 0 Å². The molecule has 1 aromatic rings. The second kappa shape index (κ2) is 8.00. The van der Waals surface area contributed by atoms with Gasteiger partial charge in [-0.1, -0.05) is 12.1 Å². The van der Waals surface area contributed by atoms with Crippen molar-refractivity contribution < 1.29 is 14.7 Å². The second-order valence-corrected chi connectivity index (χ2v) is 7.35. The minimum absolute atomic E-state index is 0.137. The molecule has 3 rings (SSSR count). The number of nitrogens with zero attached hydrogens (tertiary/aromatic N) is 2. The molecule has 1 N–H and O–H groups in total. The zero-order valence-corrected chi connectivity index (χ0v) is 15.0. The first kappa shape index (κ1) is 17.9. The molecule has 0 atom stereocenters. The maximum atomic E-state index is 12.6. The lowest BCUT2D eigenvalue weighted by Gasteiger charge is -2.34. The van der Waals surface area contributed by atoms with Crippen LogP contribution in [0.25, 0.3) is 0 Å². The third-order valence-electron chi connectivity index (χ3n) is 5.69. The summed E-state index contributed by atoms with van der Waals surface area (Å²) < 4.78 is 0. The van der Waals surface area contributed by atoms with Crippen molar-refractivity contribution in [1.29, 1.82) is 0 Å². The Bertz CT molecular complexity index is 606. The van der Waals surface area contributed by atoms with Gasteiger partial charge in [0.2, 0.25) is 11.8 Å². The summed E-state index contributed by atoms with van der Waals surface area (Å²) in [4.78, 5) is 28.1. The molecule has 2 aliphatic rings. The van der Waals surface area contributed by atoms with E-state index in [1.807, 2.05) is 41.1 Å². The van der Waals surface area contributed by atoms with Gasteiger partial charge in [0.25, 0.3) is 0 Å². The number of carbonyl (C=O) groups is 2.